The number of carbonyl (C=O) groups excluding carboxylic acids is 4. The minimum atomic E-state index is -1.58. The molecule has 1 aromatic carbocycles. The Bertz CT molecular complexity index is 1790. The topological polar surface area (TPSA) is 145 Å². The highest BCUT2D eigenvalue weighted by Gasteiger charge is 2.78. The Morgan fingerprint density at radius 3 is 1.82 bits per heavy atom. The van der Waals surface area contributed by atoms with Crippen LogP contribution < -0.4 is 10.4 Å². The van der Waals surface area contributed by atoms with Crippen molar-refractivity contribution in [2.75, 3.05) is 0 Å². The fourth-order valence-electron chi connectivity index (χ4n) is 8.55. The highest BCUT2D eigenvalue weighted by atomic mass is 16.7. The number of benzene rings is 1. The van der Waals surface area contributed by atoms with Crippen LogP contribution in [0.15, 0.2) is 27.4 Å². The highest BCUT2D eigenvalue weighted by Crippen LogP contribution is 2.67. The maximum atomic E-state index is 14.3. The highest BCUT2D eigenvalue weighted by molar-refractivity contribution is 5.95. The van der Waals surface area contributed by atoms with Gasteiger partial charge in [-0.1, -0.05) is 27.7 Å². The van der Waals surface area contributed by atoms with Crippen LogP contribution >= 0.6 is 0 Å². The van der Waals surface area contributed by atoms with Gasteiger partial charge in [0, 0.05) is 22.3 Å². The molecule has 2 saturated heterocycles. The number of hydrogen-bond acceptors (Lipinski definition) is 11. The molecule has 0 spiro atoms. The van der Waals surface area contributed by atoms with Crippen LogP contribution in [0.25, 0.3) is 11.0 Å². The summed E-state index contributed by atoms with van der Waals surface area (Å²) >= 11 is 0. The molecule has 0 N–H and O–H groups in total. The largest absolute Gasteiger partial charge is 0.486 e. The molecule has 7 atom stereocenters. The summed E-state index contributed by atoms with van der Waals surface area (Å²) in [7, 11) is 0. The molecule has 1 aromatic heterocycles. The summed E-state index contributed by atoms with van der Waals surface area (Å²) in [4.78, 5) is 67.1. The second kappa shape index (κ2) is 8.67. The van der Waals surface area contributed by atoms with E-state index in [1.807, 2.05) is 27.7 Å². The van der Waals surface area contributed by atoms with E-state index in [1.165, 1.54) is 6.07 Å². The molecule has 4 heterocycles. The third kappa shape index (κ3) is 3.29. The Balaban J connectivity index is 1.34. The van der Waals surface area contributed by atoms with Gasteiger partial charge in [0.2, 0.25) is 11.2 Å². The normalized spacial score (nSPS) is 38.4. The van der Waals surface area contributed by atoms with Gasteiger partial charge >= 0.3 is 29.5 Å². The summed E-state index contributed by atoms with van der Waals surface area (Å²) in [6, 6.07) is 4.78. The van der Waals surface area contributed by atoms with E-state index >= 15 is 0 Å². The molecule has 0 unspecified atom stereocenters. The first-order valence-corrected chi connectivity index (χ1v) is 15.5. The average Bonchev–Trinajstić information content (AvgIpc) is 3.42. The van der Waals surface area contributed by atoms with Crippen molar-refractivity contribution in [2.45, 2.75) is 111 Å². The Morgan fingerprint density at radius 2 is 1.33 bits per heavy atom. The zero-order chi connectivity index (χ0) is 32.7. The molecule has 4 bridgehead atoms. The van der Waals surface area contributed by atoms with Crippen LogP contribution in [0.3, 0.4) is 0 Å². The molecule has 5 aliphatic rings. The van der Waals surface area contributed by atoms with Crippen molar-refractivity contribution in [3.63, 3.8) is 0 Å². The number of fused-ring (bicyclic) bond motifs is 7. The zero-order valence-corrected chi connectivity index (χ0v) is 26.8. The molecule has 3 aliphatic heterocycles. The second-order valence-electron chi connectivity index (χ2n) is 15.0. The van der Waals surface area contributed by atoms with Crippen LogP contribution in [0.2, 0.25) is 0 Å². The maximum absolute atomic E-state index is 14.3. The fraction of sp³-hybridized carbons (Fsp3) is 0.618. The second-order valence-corrected chi connectivity index (χ2v) is 15.0. The molecule has 2 saturated carbocycles. The maximum Gasteiger partial charge on any atom is 0.351 e. The SMILES string of the molecule is Cc1cc(=O)oc2c3c(ccc12)O[C@@H](C)[C@H](OC(=O)[C@]12CC[C@](C)(C(=O)O1)C2(C)C)[C@@H]3OC(=O)[C@]12CC[C@](C)(C(=O)O1)C2(C)C. The summed E-state index contributed by atoms with van der Waals surface area (Å²) in [5, 5.41) is 0.577. The Morgan fingerprint density at radius 1 is 0.800 bits per heavy atom. The third-order valence-electron chi connectivity index (χ3n) is 12.8. The van der Waals surface area contributed by atoms with Gasteiger partial charge in [0.15, 0.2) is 12.2 Å². The molecule has 4 fully saturated rings. The van der Waals surface area contributed by atoms with E-state index in [0.29, 0.717) is 23.8 Å². The van der Waals surface area contributed by atoms with E-state index in [2.05, 4.69) is 0 Å². The average molecular weight is 623 g/mol. The predicted octanol–water partition coefficient (Wildman–Crippen LogP) is 4.62. The van der Waals surface area contributed by atoms with Crippen LogP contribution in [0, 0.1) is 28.6 Å². The Hall–Kier alpha value is -3.89. The van der Waals surface area contributed by atoms with Gasteiger partial charge in [-0.2, -0.15) is 0 Å². The monoisotopic (exact) mass is 622 g/mol. The van der Waals surface area contributed by atoms with Crippen molar-refractivity contribution in [3.8, 4) is 5.75 Å². The predicted molar refractivity (Wildman–Crippen MR) is 156 cm³/mol. The van der Waals surface area contributed by atoms with Crippen LogP contribution in [-0.4, -0.2) is 47.3 Å². The van der Waals surface area contributed by atoms with Gasteiger partial charge in [0.1, 0.15) is 17.4 Å². The molecular formula is C34H38O11. The summed E-state index contributed by atoms with van der Waals surface area (Å²) in [6.07, 6.45) is -2.00. The lowest BCUT2D eigenvalue weighted by molar-refractivity contribution is -0.209. The van der Waals surface area contributed by atoms with Gasteiger partial charge in [0.25, 0.3) is 0 Å². The van der Waals surface area contributed by atoms with Crippen molar-refractivity contribution in [1.29, 1.82) is 0 Å². The minimum Gasteiger partial charge on any atom is -0.486 e. The van der Waals surface area contributed by atoms with Crippen molar-refractivity contribution in [3.05, 3.63) is 39.7 Å². The van der Waals surface area contributed by atoms with Crippen LogP contribution in [0.4, 0.5) is 0 Å². The number of rotatable bonds is 4. The zero-order valence-electron chi connectivity index (χ0n) is 26.8. The summed E-state index contributed by atoms with van der Waals surface area (Å²) in [5.41, 5.74) is -6.33. The molecule has 0 radical (unpaired) electrons. The quantitative estimate of drug-likeness (QED) is 0.267. The molecule has 2 aromatic rings. The molecule has 45 heavy (non-hydrogen) atoms. The summed E-state index contributed by atoms with van der Waals surface area (Å²) < 4.78 is 36.0. The molecular weight excluding hydrogens is 584 g/mol. The van der Waals surface area contributed by atoms with Gasteiger partial charge in [-0.3, -0.25) is 9.59 Å². The van der Waals surface area contributed by atoms with Crippen LogP contribution in [0.5, 0.6) is 5.75 Å². The lowest BCUT2D eigenvalue weighted by Gasteiger charge is -2.42. The van der Waals surface area contributed by atoms with E-state index in [9.17, 15) is 24.0 Å². The molecule has 2 aliphatic carbocycles. The molecule has 11 nitrogen and oxygen atoms in total. The van der Waals surface area contributed by atoms with Crippen molar-refractivity contribution in [2.24, 2.45) is 21.7 Å². The van der Waals surface area contributed by atoms with Gasteiger partial charge in [-0.25, -0.2) is 14.4 Å². The Labute approximate surface area is 259 Å². The van der Waals surface area contributed by atoms with E-state index in [1.54, 1.807) is 39.8 Å². The standard InChI is InChI=1S/C34H38O11/c1-16-15-20(35)41-23-18(16)9-10-19-21(23)24(43-28(39)34-14-12-32(8,26(37)45-34)30(34,5)6)22(17(2)40-19)42-27(38)33-13-11-31(7,25(36)44-33)29(33,3)4/h9-10,15,17,22,24H,11-14H2,1-8H3/t17-,22-,24+,31+,32+,33-,34-/m0/s1. The first-order valence-electron chi connectivity index (χ1n) is 15.5. The first-order chi connectivity index (χ1) is 20.9. The minimum absolute atomic E-state index is 0.124. The van der Waals surface area contributed by atoms with Crippen molar-refractivity contribution >= 4 is 34.8 Å². The Kier molecular flexibility index (Phi) is 5.74. The molecule has 0 amide bonds. The molecule has 7 rings (SSSR count). The van der Waals surface area contributed by atoms with Crippen molar-refractivity contribution < 1.29 is 47.3 Å². The van der Waals surface area contributed by atoms with Gasteiger partial charge < -0.3 is 28.1 Å². The summed E-state index contributed by atoms with van der Waals surface area (Å²) in [5.74, 6) is -2.22. The van der Waals surface area contributed by atoms with E-state index in [-0.39, 0.29) is 29.7 Å². The lowest BCUT2D eigenvalue weighted by Crippen LogP contribution is -2.54. The van der Waals surface area contributed by atoms with E-state index in [4.69, 9.17) is 28.1 Å². The van der Waals surface area contributed by atoms with Crippen LogP contribution in [-0.2, 0) is 38.1 Å². The number of esters is 4. The number of carbonyl (C=O) groups is 4. The number of aryl methyl sites for hydroxylation is 1. The van der Waals surface area contributed by atoms with E-state index < -0.39 is 80.7 Å². The van der Waals surface area contributed by atoms with Gasteiger partial charge in [-0.05, 0) is 71.1 Å². The number of ether oxygens (including phenoxy) is 5. The molecule has 11 heteroatoms. The fourth-order valence-corrected chi connectivity index (χ4v) is 8.55. The van der Waals surface area contributed by atoms with Gasteiger partial charge in [-0.15, -0.1) is 0 Å². The van der Waals surface area contributed by atoms with Crippen molar-refractivity contribution in [1.82, 2.24) is 0 Å². The number of hydrogen-bond donors (Lipinski definition) is 0. The first kappa shape index (κ1) is 29.8. The molecule has 240 valence electrons. The van der Waals surface area contributed by atoms with Gasteiger partial charge in [0.05, 0.1) is 16.4 Å². The lowest BCUT2D eigenvalue weighted by atomic mass is 9.66. The summed E-state index contributed by atoms with van der Waals surface area (Å²) in [6.45, 7) is 14.3. The third-order valence-corrected chi connectivity index (χ3v) is 12.8. The van der Waals surface area contributed by atoms with Crippen LogP contribution in [0.1, 0.15) is 91.4 Å². The smallest absolute Gasteiger partial charge is 0.351 e. The van der Waals surface area contributed by atoms with E-state index in [0.717, 1.165) is 0 Å².